The van der Waals surface area contributed by atoms with Crippen LogP contribution in [0.4, 0.5) is 0 Å². The summed E-state index contributed by atoms with van der Waals surface area (Å²) in [7, 11) is 1.87. The Hall–Kier alpha value is -0.540. The Morgan fingerprint density at radius 3 is 2.94 bits per heavy atom. The molecule has 0 N–H and O–H groups in total. The van der Waals surface area contributed by atoms with E-state index in [9.17, 15) is 4.79 Å². The van der Waals surface area contributed by atoms with Gasteiger partial charge >= 0.3 is 0 Å². The number of alkyl halides is 1. The summed E-state index contributed by atoms with van der Waals surface area (Å²) in [5, 5.41) is 2.07. The molecule has 0 saturated heterocycles. The molecule has 0 radical (unpaired) electrons. The molecule has 1 aromatic heterocycles. The van der Waals surface area contributed by atoms with E-state index in [1.165, 1.54) is 4.88 Å². The molecular formula is C12H18ClNOS. The lowest BCUT2D eigenvalue weighted by atomic mass is 10.2. The van der Waals surface area contributed by atoms with Gasteiger partial charge in [-0.1, -0.05) is 6.07 Å². The first-order chi connectivity index (χ1) is 7.74. The number of hydrogen-bond donors (Lipinski definition) is 0. The molecule has 1 amide bonds. The Bertz CT molecular complexity index is 300. The zero-order chi connectivity index (χ0) is 11.8. The van der Waals surface area contributed by atoms with Gasteiger partial charge < -0.3 is 4.90 Å². The normalized spacial score (nSPS) is 10.4. The second kappa shape index (κ2) is 7.69. The van der Waals surface area contributed by atoms with Crippen LogP contribution in [0.15, 0.2) is 17.5 Å². The molecule has 1 heterocycles. The molecule has 90 valence electrons. The molecular weight excluding hydrogens is 242 g/mol. The Morgan fingerprint density at radius 2 is 2.31 bits per heavy atom. The Balaban J connectivity index is 2.18. The largest absolute Gasteiger partial charge is 0.345 e. The van der Waals surface area contributed by atoms with Gasteiger partial charge in [0.25, 0.3) is 0 Å². The third-order valence-electron chi connectivity index (χ3n) is 2.47. The average Bonchev–Trinajstić information content (AvgIpc) is 2.79. The minimum atomic E-state index is 0.224. The topological polar surface area (TPSA) is 20.3 Å². The monoisotopic (exact) mass is 259 g/mol. The van der Waals surface area contributed by atoms with Crippen molar-refractivity contribution in [3.05, 3.63) is 22.4 Å². The molecule has 0 aliphatic carbocycles. The molecule has 2 nitrogen and oxygen atoms in total. The van der Waals surface area contributed by atoms with Gasteiger partial charge in [0.1, 0.15) is 0 Å². The molecule has 0 saturated carbocycles. The second-order valence-electron chi connectivity index (χ2n) is 3.79. The average molecular weight is 260 g/mol. The van der Waals surface area contributed by atoms with E-state index in [1.54, 1.807) is 11.3 Å². The van der Waals surface area contributed by atoms with Crippen LogP contribution in [0.3, 0.4) is 0 Å². The predicted octanol–water partition coefficient (Wildman–Crippen LogP) is 3.16. The van der Waals surface area contributed by atoms with E-state index in [0.717, 1.165) is 25.8 Å². The van der Waals surface area contributed by atoms with Crippen LogP contribution in [-0.2, 0) is 11.2 Å². The maximum atomic E-state index is 11.7. The summed E-state index contributed by atoms with van der Waals surface area (Å²) in [6.45, 7) is 0.806. The van der Waals surface area contributed by atoms with Crippen LogP contribution in [-0.4, -0.2) is 30.3 Å². The lowest BCUT2D eigenvalue weighted by Crippen LogP contribution is -2.28. The van der Waals surface area contributed by atoms with E-state index in [4.69, 9.17) is 11.6 Å². The number of carbonyl (C=O) groups excluding carboxylic acids is 1. The first-order valence-electron chi connectivity index (χ1n) is 5.56. The van der Waals surface area contributed by atoms with Crippen LogP contribution < -0.4 is 0 Å². The summed E-state index contributed by atoms with van der Waals surface area (Å²) in [5.41, 5.74) is 0. The molecule has 16 heavy (non-hydrogen) atoms. The summed E-state index contributed by atoms with van der Waals surface area (Å²) >= 11 is 7.31. The molecule has 0 aromatic carbocycles. The van der Waals surface area contributed by atoms with Gasteiger partial charge in [-0.2, -0.15) is 0 Å². The zero-order valence-corrected chi connectivity index (χ0v) is 11.2. The number of thiophene rings is 1. The van der Waals surface area contributed by atoms with E-state index in [0.29, 0.717) is 12.3 Å². The fourth-order valence-corrected chi connectivity index (χ4v) is 2.31. The van der Waals surface area contributed by atoms with Gasteiger partial charge in [-0.3, -0.25) is 4.79 Å². The van der Waals surface area contributed by atoms with Crippen molar-refractivity contribution in [2.24, 2.45) is 0 Å². The molecule has 0 atom stereocenters. The van der Waals surface area contributed by atoms with Crippen molar-refractivity contribution in [3.63, 3.8) is 0 Å². The second-order valence-corrected chi connectivity index (χ2v) is 5.20. The molecule has 0 aliphatic heterocycles. The molecule has 0 fully saturated rings. The van der Waals surface area contributed by atoms with Crippen molar-refractivity contribution < 1.29 is 4.79 Å². The van der Waals surface area contributed by atoms with E-state index < -0.39 is 0 Å². The van der Waals surface area contributed by atoms with Crippen molar-refractivity contribution in [2.45, 2.75) is 25.7 Å². The van der Waals surface area contributed by atoms with Crippen LogP contribution in [0, 0.1) is 0 Å². The fraction of sp³-hybridized carbons (Fsp3) is 0.583. The number of carbonyl (C=O) groups is 1. The van der Waals surface area contributed by atoms with Crippen molar-refractivity contribution in [3.8, 4) is 0 Å². The van der Waals surface area contributed by atoms with Gasteiger partial charge in [-0.15, -0.1) is 22.9 Å². The zero-order valence-electron chi connectivity index (χ0n) is 9.62. The minimum absolute atomic E-state index is 0.224. The quantitative estimate of drug-likeness (QED) is 0.544. The molecule has 1 aromatic rings. The summed E-state index contributed by atoms with van der Waals surface area (Å²) in [6, 6.07) is 4.15. The number of unbranched alkanes of at least 4 members (excludes halogenated alkanes) is 1. The van der Waals surface area contributed by atoms with Crippen LogP contribution in [0.2, 0.25) is 0 Å². The third kappa shape index (κ3) is 4.99. The summed E-state index contributed by atoms with van der Waals surface area (Å²) < 4.78 is 0. The van der Waals surface area contributed by atoms with E-state index >= 15 is 0 Å². The number of nitrogens with zero attached hydrogens (tertiary/aromatic N) is 1. The smallest absolute Gasteiger partial charge is 0.222 e. The van der Waals surface area contributed by atoms with Crippen LogP contribution >= 0.6 is 22.9 Å². The van der Waals surface area contributed by atoms with Crippen molar-refractivity contribution in [2.75, 3.05) is 19.5 Å². The lowest BCUT2D eigenvalue weighted by molar-refractivity contribution is -0.129. The van der Waals surface area contributed by atoms with E-state index in [2.05, 4.69) is 11.4 Å². The summed E-state index contributed by atoms with van der Waals surface area (Å²) in [4.78, 5) is 14.8. The maximum Gasteiger partial charge on any atom is 0.222 e. The highest BCUT2D eigenvalue weighted by molar-refractivity contribution is 7.09. The van der Waals surface area contributed by atoms with Crippen LogP contribution in [0.1, 0.15) is 24.1 Å². The van der Waals surface area contributed by atoms with Gasteiger partial charge in [-0.05, 0) is 30.7 Å². The first-order valence-corrected chi connectivity index (χ1v) is 6.97. The molecule has 1 rings (SSSR count). The van der Waals surface area contributed by atoms with Crippen LogP contribution in [0.5, 0.6) is 0 Å². The molecule has 0 unspecified atom stereocenters. The Labute approximate surface area is 106 Å². The summed E-state index contributed by atoms with van der Waals surface area (Å²) in [6.07, 6.45) is 3.39. The Morgan fingerprint density at radius 1 is 1.50 bits per heavy atom. The fourth-order valence-electron chi connectivity index (χ4n) is 1.42. The van der Waals surface area contributed by atoms with Crippen molar-refractivity contribution in [1.82, 2.24) is 4.90 Å². The number of amides is 1. The number of halogens is 1. The van der Waals surface area contributed by atoms with Gasteiger partial charge in [-0.25, -0.2) is 0 Å². The van der Waals surface area contributed by atoms with Gasteiger partial charge in [0.15, 0.2) is 0 Å². The number of hydrogen-bond acceptors (Lipinski definition) is 2. The standard InChI is InChI=1S/C12H18ClNOS/c1-14(12(15)6-2-3-8-13)9-7-11-5-4-10-16-11/h4-5,10H,2-3,6-9H2,1H3. The molecule has 0 bridgehead atoms. The van der Waals surface area contributed by atoms with Gasteiger partial charge in [0, 0.05) is 30.8 Å². The molecule has 4 heteroatoms. The molecule has 0 spiro atoms. The van der Waals surface area contributed by atoms with Gasteiger partial charge in [0.05, 0.1) is 0 Å². The number of likely N-dealkylation sites (N-methyl/N-ethyl adjacent to an activating group) is 1. The minimum Gasteiger partial charge on any atom is -0.345 e. The lowest BCUT2D eigenvalue weighted by Gasteiger charge is -2.16. The highest BCUT2D eigenvalue weighted by atomic mass is 35.5. The maximum absolute atomic E-state index is 11.7. The van der Waals surface area contributed by atoms with Crippen LogP contribution in [0.25, 0.3) is 0 Å². The van der Waals surface area contributed by atoms with Crippen molar-refractivity contribution >= 4 is 28.8 Å². The first kappa shape index (κ1) is 13.5. The Kier molecular flexibility index (Phi) is 6.50. The van der Waals surface area contributed by atoms with Gasteiger partial charge in [0.2, 0.25) is 5.91 Å². The SMILES string of the molecule is CN(CCc1cccs1)C(=O)CCCCCl. The van der Waals surface area contributed by atoms with E-state index in [-0.39, 0.29) is 5.91 Å². The summed E-state index contributed by atoms with van der Waals surface area (Å²) in [5.74, 6) is 0.869. The third-order valence-corrected chi connectivity index (χ3v) is 3.68. The van der Waals surface area contributed by atoms with Crippen molar-refractivity contribution in [1.29, 1.82) is 0 Å². The predicted molar refractivity (Wildman–Crippen MR) is 70.2 cm³/mol. The number of rotatable bonds is 7. The highest BCUT2D eigenvalue weighted by Crippen LogP contribution is 2.10. The molecule has 0 aliphatic rings. The highest BCUT2D eigenvalue weighted by Gasteiger charge is 2.08. The van der Waals surface area contributed by atoms with E-state index in [1.807, 2.05) is 18.0 Å².